The maximum Gasteiger partial charge on any atom is 0.257 e. The second-order valence-electron chi connectivity index (χ2n) is 4.59. The summed E-state index contributed by atoms with van der Waals surface area (Å²) in [6.07, 6.45) is 1.29. The van der Waals surface area contributed by atoms with E-state index in [2.05, 4.69) is 10.6 Å². The van der Waals surface area contributed by atoms with Crippen molar-refractivity contribution in [2.75, 3.05) is 10.6 Å². The molecular formula is C17H10Cl2N4O. The summed E-state index contributed by atoms with van der Waals surface area (Å²) in [5.74, 6) is -0.376. The molecule has 0 heterocycles. The molecule has 0 fully saturated rings. The molecule has 1 amide bonds. The van der Waals surface area contributed by atoms with Crippen LogP contribution in [-0.4, -0.2) is 5.91 Å². The highest BCUT2D eigenvalue weighted by atomic mass is 35.5. The van der Waals surface area contributed by atoms with Gasteiger partial charge in [-0.05, 0) is 36.4 Å². The molecule has 0 aliphatic heterocycles. The second-order valence-corrected chi connectivity index (χ2v) is 5.43. The Bertz CT molecular complexity index is 878. The first kappa shape index (κ1) is 17.4. The monoisotopic (exact) mass is 356 g/mol. The van der Waals surface area contributed by atoms with Gasteiger partial charge in [0.25, 0.3) is 5.91 Å². The lowest BCUT2D eigenvalue weighted by Gasteiger charge is -2.09. The fourth-order valence-electron chi connectivity index (χ4n) is 1.80. The van der Waals surface area contributed by atoms with Crippen molar-refractivity contribution in [2.45, 2.75) is 0 Å². The maximum absolute atomic E-state index is 12.3. The number of nitriles is 2. The molecule has 2 aromatic rings. The van der Waals surface area contributed by atoms with Crippen LogP contribution in [0.5, 0.6) is 0 Å². The highest BCUT2D eigenvalue weighted by Crippen LogP contribution is 2.23. The molecule has 2 N–H and O–H groups in total. The van der Waals surface area contributed by atoms with E-state index in [4.69, 9.17) is 33.7 Å². The zero-order valence-corrected chi connectivity index (χ0v) is 13.7. The number of carbonyl (C=O) groups is 1. The lowest BCUT2D eigenvalue weighted by atomic mass is 10.2. The van der Waals surface area contributed by atoms with Gasteiger partial charge in [0, 0.05) is 22.6 Å². The van der Waals surface area contributed by atoms with Crippen LogP contribution in [0.3, 0.4) is 0 Å². The zero-order valence-electron chi connectivity index (χ0n) is 12.2. The average molecular weight is 357 g/mol. The SMILES string of the molecule is N#CC(C#N)=CNc1cccc(NC(=O)c2ccc(Cl)cc2Cl)c1. The van der Waals surface area contributed by atoms with Gasteiger partial charge < -0.3 is 10.6 Å². The van der Waals surface area contributed by atoms with E-state index in [0.717, 1.165) is 0 Å². The summed E-state index contributed by atoms with van der Waals surface area (Å²) in [5.41, 5.74) is 1.38. The van der Waals surface area contributed by atoms with Crippen LogP contribution in [0.25, 0.3) is 0 Å². The first-order valence-electron chi connectivity index (χ1n) is 6.67. The number of hydrogen-bond acceptors (Lipinski definition) is 4. The number of carbonyl (C=O) groups excluding carboxylic acids is 1. The number of hydrogen-bond donors (Lipinski definition) is 2. The Morgan fingerprint density at radius 1 is 1.04 bits per heavy atom. The summed E-state index contributed by atoms with van der Waals surface area (Å²) in [6.45, 7) is 0. The zero-order chi connectivity index (χ0) is 17.5. The van der Waals surface area contributed by atoms with E-state index in [-0.39, 0.29) is 16.5 Å². The van der Waals surface area contributed by atoms with Gasteiger partial charge in [0.2, 0.25) is 0 Å². The number of halogens is 2. The van der Waals surface area contributed by atoms with Crippen LogP contribution in [0.15, 0.2) is 54.2 Å². The minimum absolute atomic E-state index is 0.0580. The molecule has 0 atom stereocenters. The van der Waals surface area contributed by atoms with Gasteiger partial charge >= 0.3 is 0 Å². The standard InChI is InChI=1S/C17H10Cl2N4O/c18-12-4-5-15(16(19)6-12)17(24)23-14-3-1-2-13(7-14)22-10-11(8-20)9-21/h1-7,10,22H,(H,23,24). The first-order chi connectivity index (χ1) is 11.5. The number of nitrogens with one attached hydrogen (secondary N) is 2. The largest absolute Gasteiger partial charge is 0.360 e. The molecule has 2 aromatic carbocycles. The molecular weight excluding hydrogens is 347 g/mol. The Hall–Kier alpha value is -2.99. The molecule has 5 nitrogen and oxygen atoms in total. The fraction of sp³-hybridized carbons (Fsp3) is 0. The molecule has 0 saturated carbocycles. The van der Waals surface area contributed by atoms with Gasteiger partial charge in [0.1, 0.15) is 17.7 Å². The smallest absolute Gasteiger partial charge is 0.257 e. The van der Waals surface area contributed by atoms with E-state index in [9.17, 15) is 4.79 Å². The van der Waals surface area contributed by atoms with E-state index in [1.807, 2.05) is 0 Å². The molecule has 0 aliphatic rings. The van der Waals surface area contributed by atoms with Crippen LogP contribution in [0, 0.1) is 22.7 Å². The maximum atomic E-state index is 12.3. The predicted octanol–water partition coefficient (Wildman–Crippen LogP) is 4.59. The van der Waals surface area contributed by atoms with Crippen molar-refractivity contribution < 1.29 is 4.79 Å². The van der Waals surface area contributed by atoms with Crippen LogP contribution in [0.2, 0.25) is 10.0 Å². The van der Waals surface area contributed by atoms with Crippen LogP contribution in [-0.2, 0) is 0 Å². The van der Waals surface area contributed by atoms with Gasteiger partial charge in [-0.1, -0.05) is 29.3 Å². The van der Waals surface area contributed by atoms with E-state index in [1.165, 1.54) is 18.3 Å². The molecule has 24 heavy (non-hydrogen) atoms. The van der Waals surface area contributed by atoms with Gasteiger partial charge in [-0.25, -0.2) is 0 Å². The van der Waals surface area contributed by atoms with Crippen LogP contribution >= 0.6 is 23.2 Å². The molecule has 0 unspecified atom stereocenters. The normalized spacial score (nSPS) is 9.33. The van der Waals surface area contributed by atoms with Gasteiger partial charge in [-0.2, -0.15) is 10.5 Å². The second kappa shape index (κ2) is 8.03. The Kier molecular flexibility index (Phi) is 5.81. The van der Waals surface area contributed by atoms with Gasteiger partial charge in [-0.15, -0.1) is 0 Å². The Labute approximate surface area is 148 Å². The first-order valence-corrected chi connectivity index (χ1v) is 7.42. The molecule has 7 heteroatoms. The number of amides is 1. The van der Waals surface area contributed by atoms with Crippen molar-refractivity contribution >= 4 is 40.5 Å². The molecule has 0 aromatic heterocycles. The summed E-state index contributed by atoms with van der Waals surface area (Å²) in [5, 5.41) is 23.6. The van der Waals surface area contributed by atoms with Crippen molar-refractivity contribution in [3.05, 3.63) is 69.8 Å². The van der Waals surface area contributed by atoms with Crippen LogP contribution in [0.1, 0.15) is 10.4 Å². The highest BCUT2D eigenvalue weighted by Gasteiger charge is 2.11. The summed E-state index contributed by atoms with van der Waals surface area (Å²) >= 11 is 11.8. The van der Waals surface area contributed by atoms with Crippen molar-refractivity contribution in [3.63, 3.8) is 0 Å². The van der Waals surface area contributed by atoms with Gasteiger partial charge in [-0.3, -0.25) is 4.79 Å². The Morgan fingerprint density at radius 3 is 2.42 bits per heavy atom. The molecule has 118 valence electrons. The highest BCUT2D eigenvalue weighted by molar-refractivity contribution is 6.37. The lowest BCUT2D eigenvalue weighted by molar-refractivity contribution is 0.102. The third-order valence-electron chi connectivity index (χ3n) is 2.92. The van der Waals surface area contributed by atoms with Crippen molar-refractivity contribution in [2.24, 2.45) is 0 Å². The number of rotatable bonds is 4. The fourth-order valence-corrected chi connectivity index (χ4v) is 2.30. The minimum Gasteiger partial charge on any atom is -0.360 e. The molecule has 0 radical (unpaired) electrons. The third kappa shape index (κ3) is 4.50. The quantitative estimate of drug-likeness (QED) is 0.784. The average Bonchev–Trinajstić information content (AvgIpc) is 2.56. The van der Waals surface area contributed by atoms with Gasteiger partial charge in [0.15, 0.2) is 0 Å². The van der Waals surface area contributed by atoms with Gasteiger partial charge in [0.05, 0.1) is 10.6 Å². The number of nitrogens with zero attached hydrogens (tertiary/aromatic N) is 2. The van der Waals surface area contributed by atoms with E-state index in [1.54, 1.807) is 42.5 Å². The summed E-state index contributed by atoms with van der Waals surface area (Å²) in [4.78, 5) is 12.3. The lowest BCUT2D eigenvalue weighted by Crippen LogP contribution is -2.12. The number of benzene rings is 2. The number of allylic oxidation sites excluding steroid dienone is 1. The third-order valence-corrected chi connectivity index (χ3v) is 3.47. The minimum atomic E-state index is -0.376. The molecule has 2 rings (SSSR count). The molecule has 0 spiro atoms. The summed E-state index contributed by atoms with van der Waals surface area (Å²) in [7, 11) is 0. The molecule has 0 aliphatic carbocycles. The Morgan fingerprint density at radius 2 is 1.75 bits per heavy atom. The summed E-state index contributed by atoms with van der Waals surface area (Å²) in [6, 6.07) is 14.9. The molecule has 0 saturated heterocycles. The Balaban J connectivity index is 2.15. The number of anilines is 2. The topological polar surface area (TPSA) is 88.7 Å². The van der Waals surface area contributed by atoms with Crippen LogP contribution < -0.4 is 10.6 Å². The summed E-state index contributed by atoms with van der Waals surface area (Å²) < 4.78 is 0. The molecule has 0 bridgehead atoms. The van der Waals surface area contributed by atoms with Crippen molar-refractivity contribution in [3.8, 4) is 12.1 Å². The van der Waals surface area contributed by atoms with Crippen LogP contribution in [0.4, 0.5) is 11.4 Å². The van der Waals surface area contributed by atoms with E-state index < -0.39 is 0 Å². The van der Waals surface area contributed by atoms with Crippen molar-refractivity contribution in [1.29, 1.82) is 10.5 Å². The van der Waals surface area contributed by atoms with E-state index >= 15 is 0 Å². The van der Waals surface area contributed by atoms with Crippen molar-refractivity contribution in [1.82, 2.24) is 0 Å². The predicted molar refractivity (Wildman–Crippen MR) is 93.8 cm³/mol. The van der Waals surface area contributed by atoms with E-state index in [0.29, 0.717) is 22.0 Å².